The topological polar surface area (TPSA) is 137 Å². The van der Waals surface area contributed by atoms with Crippen LogP contribution in [0.1, 0.15) is 40.5 Å². The van der Waals surface area contributed by atoms with Gasteiger partial charge in [-0.2, -0.15) is 10.2 Å². The number of hydrogen-bond acceptors (Lipinski definition) is 6. The number of benzene rings is 1. The Morgan fingerprint density at radius 3 is 2.86 bits per heavy atom. The zero-order valence-corrected chi connectivity index (χ0v) is 16.0. The molecule has 1 aliphatic rings. The number of anilines is 1. The van der Waals surface area contributed by atoms with E-state index in [0.717, 1.165) is 34.9 Å². The van der Waals surface area contributed by atoms with Crippen molar-refractivity contribution >= 4 is 28.1 Å². The van der Waals surface area contributed by atoms with Crippen molar-refractivity contribution in [2.45, 2.75) is 25.7 Å². The molecule has 1 amide bonds. The highest BCUT2D eigenvalue weighted by Gasteiger charge is 2.25. The molecule has 4 aromatic rings. The number of ether oxygens (including phenoxy) is 1. The summed E-state index contributed by atoms with van der Waals surface area (Å²) in [7, 11) is 0. The Balaban J connectivity index is 1.78. The van der Waals surface area contributed by atoms with Crippen molar-refractivity contribution in [3.05, 3.63) is 41.5 Å². The maximum absolute atomic E-state index is 12.3. The normalized spacial score (nSPS) is 15.3. The molecule has 5 rings (SSSR count). The Bertz CT molecular complexity index is 1250. The number of pyridine rings is 1. The first-order valence-corrected chi connectivity index (χ1v) is 9.54. The van der Waals surface area contributed by atoms with Gasteiger partial charge in [-0.1, -0.05) is 6.07 Å². The summed E-state index contributed by atoms with van der Waals surface area (Å²) < 4.78 is 7.05. The molecule has 9 nitrogen and oxygen atoms in total. The first-order chi connectivity index (χ1) is 14.0. The highest BCUT2D eigenvalue weighted by Crippen LogP contribution is 2.37. The van der Waals surface area contributed by atoms with Crippen LogP contribution in [0, 0.1) is 6.92 Å². The summed E-state index contributed by atoms with van der Waals surface area (Å²) in [5.74, 6) is 0.246. The molecule has 3 aromatic heterocycles. The second kappa shape index (κ2) is 6.56. The van der Waals surface area contributed by atoms with Gasteiger partial charge in [0.15, 0.2) is 11.5 Å². The molecule has 0 atom stereocenters. The van der Waals surface area contributed by atoms with Crippen LogP contribution in [-0.4, -0.2) is 43.9 Å². The zero-order valence-electron chi connectivity index (χ0n) is 16.0. The molecule has 5 N–H and O–H groups in total. The zero-order chi connectivity index (χ0) is 20.1. The number of amides is 1. The van der Waals surface area contributed by atoms with Crippen LogP contribution in [0.15, 0.2) is 24.5 Å². The van der Waals surface area contributed by atoms with Crippen molar-refractivity contribution in [3.63, 3.8) is 0 Å². The lowest BCUT2D eigenvalue weighted by atomic mass is 9.95. The number of primary amides is 1. The number of carbonyl (C=O) groups excluding carboxylic acids is 1. The number of nitrogens with two attached hydrogens (primary N) is 2. The van der Waals surface area contributed by atoms with Crippen LogP contribution >= 0.6 is 0 Å². The van der Waals surface area contributed by atoms with Crippen molar-refractivity contribution in [1.29, 1.82) is 0 Å². The van der Waals surface area contributed by atoms with Crippen molar-refractivity contribution in [1.82, 2.24) is 24.8 Å². The van der Waals surface area contributed by atoms with Gasteiger partial charge in [-0.05, 0) is 37.0 Å². The molecule has 0 bridgehead atoms. The summed E-state index contributed by atoms with van der Waals surface area (Å²) in [6.07, 6.45) is 5.26. The van der Waals surface area contributed by atoms with Gasteiger partial charge in [0.2, 0.25) is 0 Å². The van der Waals surface area contributed by atoms with E-state index >= 15 is 0 Å². The minimum atomic E-state index is -0.628. The summed E-state index contributed by atoms with van der Waals surface area (Å²) in [5.41, 5.74) is 16.5. The number of aromatic amines is 1. The Hall–Kier alpha value is -3.46. The summed E-state index contributed by atoms with van der Waals surface area (Å²) in [6, 6.07) is 3.95. The summed E-state index contributed by atoms with van der Waals surface area (Å²) in [5, 5.41) is 12.7. The van der Waals surface area contributed by atoms with Crippen LogP contribution in [0.3, 0.4) is 0 Å². The predicted octanol–water partition coefficient (Wildman–Crippen LogP) is 2.16. The number of aromatic nitrogens is 5. The fourth-order valence-electron chi connectivity index (χ4n) is 4.10. The standard InChI is InChI=1S/C20H21N7O2/c1-10-2-3-14-12(8-23-25-14)15(10)13-9-27-20(16(17(13)21)18(22)28)24-19(26-27)11-4-6-29-7-5-11/h2-3,8-9,11H,4-7,21H2,1H3,(H2,22,28)(H,23,25). The number of rotatable bonds is 3. The van der Waals surface area contributed by atoms with Gasteiger partial charge in [0.05, 0.1) is 17.4 Å². The number of fused-ring (bicyclic) bond motifs is 2. The molecule has 0 unspecified atom stereocenters. The average molecular weight is 391 g/mol. The molecule has 0 aliphatic carbocycles. The fraction of sp³-hybridized carbons (Fsp3) is 0.300. The number of nitrogens with zero attached hydrogens (tertiary/aromatic N) is 4. The molecule has 0 saturated carbocycles. The molecule has 1 saturated heterocycles. The van der Waals surface area contributed by atoms with Gasteiger partial charge in [0, 0.05) is 36.3 Å². The number of aryl methyl sites for hydroxylation is 1. The first kappa shape index (κ1) is 17.6. The number of carbonyl (C=O) groups is 1. The van der Waals surface area contributed by atoms with E-state index in [9.17, 15) is 4.79 Å². The number of H-pyrrole nitrogens is 1. The van der Waals surface area contributed by atoms with Gasteiger partial charge < -0.3 is 16.2 Å². The van der Waals surface area contributed by atoms with Crippen LogP contribution in [0.5, 0.6) is 0 Å². The fourth-order valence-corrected chi connectivity index (χ4v) is 4.10. The predicted molar refractivity (Wildman–Crippen MR) is 109 cm³/mol. The van der Waals surface area contributed by atoms with Crippen molar-refractivity contribution in [2.75, 3.05) is 18.9 Å². The molecule has 1 aliphatic heterocycles. The minimum Gasteiger partial charge on any atom is -0.397 e. The molecule has 9 heteroatoms. The second-order valence-electron chi connectivity index (χ2n) is 7.41. The molecule has 0 spiro atoms. The highest BCUT2D eigenvalue weighted by molar-refractivity contribution is 6.09. The molecule has 1 fully saturated rings. The SMILES string of the molecule is Cc1ccc2[nH]ncc2c1-c1cn2nc(C3CCOCC3)nc2c(C(N)=O)c1N. The molecule has 29 heavy (non-hydrogen) atoms. The monoisotopic (exact) mass is 391 g/mol. The molecule has 148 valence electrons. The van der Waals surface area contributed by atoms with Crippen LogP contribution in [0.4, 0.5) is 5.69 Å². The van der Waals surface area contributed by atoms with Gasteiger partial charge in [-0.15, -0.1) is 0 Å². The van der Waals surface area contributed by atoms with E-state index in [1.165, 1.54) is 0 Å². The summed E-state index contributed by atoms with van der Waals surface area (Å²) in [6.45, 7) is 3.35. The average Bonchev–Trinajstić information content (AvgIpc) is 3.35. The van der Waals surface area contributed by atoms with Crippen molar-refractivity contribution < 1.29 is 9.53 Å². The van der Waals surface area contributed by atoms with Crippen LogP contribution in [-0.2, 0) is 4.74 Å². The smallest absolute Gasteiger partial charge is 0.254 e. The van der Waals surface area contributed by atoms with E-state index in [1.54, 1.807) is 10.7 Å². The van der Waals surface area contributed by atoms with E-state index in [4.69, 9.17) is 16.2 Å². The lowest BCUT2D eigenvalue weighted by molar-refractivity contribution is 0.0836. The maximum Gasteiger partial charge on any atom is 0.254 e. The van der Waals surface area contributed by atoms with Crippen LogP contribution in [0.2, 0.25) is 0 Å². The van der Waals surface area contributed by atoms with E-state index in [1.807, 2.05) is 25.3 Å². The molecular weight excluding hydrogens is 370 g/mol. The molecule has 4 heterocycles. The lowest BCUT2D eigenvalue weighted by Gasteiger charge is -2.18. The third-order valence-electron chi connectivity index (χ3n) is 5.62. The molecule has 0 radical (unpaired) electrons. The Morgan fingerprint density at radius 1 is 1.31 bits per heavy atom. The third kappa shape index (κ3) is 2.73. The third-order valence-corrected chi connectivity index (χ3v) is 5.62. The van der Waals surface area contributed by atoms with E-state index in [0.29, 0.717) is 35.9 Å². The van der Waals surface area contributed by atoms with Gasteiger partial charge in [-0.3, -0.25) is 9.89 Å². The van der Waals surface area contributed by atoms with Gasteiger partial charge in [-0.25, -0.2) is 9.50 Å². The summed E-state index contributed by atoms with van der Waals surface area (Å²) >= 11 is 0. The van der Waals surface area contributed by atoms with Crippen LogP contribution < -0.4 is 11.5 Å². The highest BCUT2D eigenvalue weighted by atomic mass is 16.5. The largest absolute Gasteiger partial charge is 0.397 e. The van der Waals surface area contributed by atoms with E-state index in [-0.39, 0.29) is 11.5 Å². The van der Waals surface area contributed by atoms with E-state index < -0.39 is 5.91 Å². The minimum absolute atomic E-state index is 0.188. The number of hydrogen-bond donors (Lipinski definition) is 3. The first-order valence-electron chi connectivity index (χ1n) is 9.54. The Kier molecular flexibility index (Phi) is 3.99. The number of nitrogen functional groups attached to an aromatic ring is 1. The van der Waals surface area contributed by atoms with Crippen molar-refractivity contribution in [2.24, 2.45) is 5.73 Å². The second-order valence-corrected chi connectivity index (χ2v) is 7.41. The lowest BCUT2D eigenvalue weighted by Crippen LogP contribution is -2.16. The molecular formula is C20H21N7O2. The molecule has 1 aromatic carbocycles. The quantitative estimate of drug-likeness (QED) is 0.489. The maximum atomic E-state index is 12.3. The van der Waals surface area contributed by atoms with Crippen molar-refractivity contribution in [3.8, 4) is 11.1 Å². The Labute approximate surface area is 166 Å². The van der Waals surface area contributed by atoms with Gasteiger partial charge in [0.1, 0.15) is 5.56 Å². The van der Waals surface area contributed by atoms with Gasteiger partial charge in [0.25, 0.3) is 5.91 Å². The van der Waals surface area contributed by atoms with E-state index in [2.05, 4.69) is 20.3 Å². The number of nitrogens with one attached hydrogen (secondary N) is 1. The van der Waals surface area contributed by atoms with Gasteiger partial charge >= 0.3 is 0 Å². The van der Waals surface area contributed by atoms with Crippen LogP contribution in [0.25, 0.3) is 27.7 Å². The summed E-state index contributed by atoms with van der Waals surface area (Å²) in [4.78, 5) is 17.0. The Morgan fingerprint density at radius 2 is 2.10 bits per heavy atom.